The predicted octanol–water partition coefficient (Wildman–Crippen LogP) is 2.27. The maximum Gasteiger partial charge on any atom is 0.157 e. The molecular weight excluding hydrogens is 220 g/mol. The number of hydrogen-bond donors (Lipinski definition) is 1. The fraction of sp³-hybridized carbons (Fsp3) is 0.917. The standard InChI is InChI=1S/C12H22N2OS/c1-9(2)6-10-7-16-11(13-10)14-12(3)4-5-15-8-12/h9-10H,4-8H2,1-3H3,(H,13,14). The van der Waals surface area contributed by atoms with Crippen LogP contribution in [0.2, 0.25) is 0 Å². The molecule has 3 nitrogen and oxygen atoms in total. The Morgan fingerprint density at radius 3 is 3.06 bits per heavy atom. The molecule has 92 valence electrons. The molecule has 1 fully saturated rings. The zero-order chi connectivity index (χ0) is 11.6. The second-order valence-corrected chi connectivity index (χ2v) is 6.53. The minimum Gasteiger partial charge on any atom is -0.379 e. The number of aliphatic imine (C=N–C) groups is 1. The minimum atomic E-state index is 0.110. The number of ether oxygens (including phenoxy) is 1. The van der Waals surface area contributed by atoms with Crippen molar-refractivity contribution in [2.75, 3.05) is 19.0 Å². The largest absolute Gasteiger partial charge is 0.379 e. The van der Waals surface area contributed by atoms with Crippen molar-refractivity contribution in [3.8, 4) is 0 Å². The molecule has 2 aliphatic rings. The zero-order valence-electron chi connectivity index (χ0n) is 10.5. The summed E-state index contributed by atoms with van der Waals surface area (Å²) >= 11 is 1.86. The molecule has 2 rings (SSSR count). The lowest BCUT2D eigenvalue weighted by Crippen LogP contribution is -2.45. The first-order chi connectivity index (χ1) is 7.57. The summed E-state index contributed by atoms with van der Waals surface area (Å²) in [5.41, 5.74) is 0.110. The highest BCUT2D eigenvalue weighted by molar-refractivity contribution is 8.14. The molecule has 0 aromatic carbocycles. The summed E-state index contributed by atoms with van der Waals surface area (Å²) in [6.45, 7) is 8.42. The van der Waals surface area contributed by atoms with Crippen molar-refractivity contribution in [3.63, 3.8) is 0 Å². The molecule has 2 unspecified atom stereocenters. The van der Waals surface area contributed by atoms with Gasteiger partial charge in [0.1, 0.15) is 0 Å². The number of amidine groups is 1. The fourth-order valence-corrected chi connectivity index (χ4v) is 3.28. The highest BCUT2D eigenvalue weighted by atomic mass is 32.2. The number of nitrogens with one attached hydrogen (secondary N) is 1. The van der Waals surface area contributed by atoms with Crippen LogP contribution in [0, 0.1) is 5.92 Å². The molecule has 0 radical (unpaired) electrons. The van der Waals surface area contributed by atoms with Crippen molar-refractivity contribution in [1.29, 1.82) is 0 Å². The van der Waals surface area contributed by atoms with Crippen molar-refractivity contribution in [1.82, 2.24) is 5.32 Å². The molecule has 0 saturated carbocycles. The molecule has 0 spiro atoms. The van der Waals surface area contributed by atoms with Gasteiger partial charge in [-0.3, -0.25) is 4.99 Å². The molecule has 1 N–H and O–H groups in total. The molecule has 1 saturated heterocycles. The Morgan fingerprint density at radius 2 is 2.44 bits per heavy atom. The van der Waals surface area contributed by atoms with Gasteiger partial charge in [-0.1, -0.05) is 25.6 Å². The highest BCUT2D eigenvalue weighted by Gasteiger charge is 2.32. The van der Waals surface area contributed by atoms with Crippen LogP contribution in [0.4, 0.5) is 0 Å². The summed E-state index contributed by atoms with van der Waals surface area (Å²) < 4.78 is 5.44. The van der Waals surface area contributed by atoms with Gasteiger partial charge >= 0.3 is 0 Å². The summed E-state index contributed by atoms with van der Waals surface area (Å²) in [4.78, 5) is 4.75. The van der Waals surface area contributed by atoms with Crippen LogP contribution >= 0.6 is 11.8 Å². The quantitative estimate of drug-likeness (QED) is 0.824. The van der Waals surface area contributed by atoms with Crippen LogP contribution in [0.1, 0.15) is 33.6 Å². The van der Waals surface area contributed by atoms with Gasteiger partial charge in [-0.2, -0.15) is 0 Å². The van der Waals surface area contributed by atoms with Gasteiger partial charge in [0.25, 0.3) is 0 Å². The van der Waals surface area contributed by atoms with Crippen LogP contribution in [0.15, 0.2) is 4.99 Å². The van der Waals surface area contributed by atoms with E-state index in [0.717, 1.165) is 36.5 Å². The van der Waals surface area contributed by atoms with Crippen LogP contribution in [0.3, 0.4) is 0 Å². The fourth-order valence-electron chi connectivity index (χ4n) is 2.17. The van der Waals surface area contributed by atoms with Crippen molar-refractivity contribution in [2.24, 2.45) is 10.9 Å². The molecule has 2 aliphatic heterocycles. The molecule has 0 aliphatic carbocycles. The maximum atomic E-state index is 5.44. The van der Waals surface area contributed by atoms with Crippen LogP contribution in [0.25, 0.3) is 0 Å². The van der Waals surface area contributed by atoms with Gasteiger partial charge in [-0.05, 0) is 25.7 Å². The van der Waals surface area contributed by atoms with Crippen LogP contribution in [-0.4, -0.2) is 35.7 Å². The molecule has 2 atom stereocenters. The van der Waals surface area contributed by atoms with Crippen molar-refractivity contribution in [2.45, 2.75) is 45.2 Å². The van der Waals surface area contributed by atoms with Gasteiger partial charge in [0, 0.05) is 12.4 Å². The Hall–Kier alpha value is -0.220. The van der Waals surface area contributed by atoms with E-state index in [1.165, 1.54) is 6.42 Å². The summed E-state index contributed by atoms with van der Waals surface area (Å²) in [7, 11) is 0. The molecule has 4 heteroatoms. The van der Waals surface area contributed by atoms with Gasteiger partial charge in [-0.15, -0.1) is 0 Å². The van der Waals surface area contributed by atoms with Gasteiger partial charge in [0.2, 0.25) is 0 Å². The summed E-state index contributed by atoms with van der Waals surface area (Å²) in [5.74, 6) is 1.87. The third-order valence-corrected chi connectivity index (χ3v) is 4.12. The lowest BCUT2D eigenvalue weighted by atomic mass is 10.0. The average Bonchev–Trinajstić information content (AvgIpc) is 2.75. The zero-order valence-corrected chi connectivity index (χ0v) is 11.3. The third kappa shape index (κ3) is 3.14. The molecule has 16 heavy (non-hydrogen) atoms. The van der Waals surface area contributed by atoms with E-state index in [9.17, 15) is 0 Å². The Bertz CT molecular complexity index is 272. The molecule has 0 bridgehead atoms. The van der Waals surface area contributed by atoms with E-state index in [1.54, 1.807) is 0 Å². The SMILES string of the molecule is CC(C)CC1CSC(NC2(C)CCOC2)=N1. The van der Waals surface area contributed by atoms with E-state index in [-0.39, 0.29) is 5.54 Å². The Balaban J connectivity index is 1.86. The van der Waals surface area contributed by atoms with Gasteiger partial charge in [0.15, 0.2) is 5.17 Å². The second-order valence-electron chi connectivity index (χ2n) is 5.52. The monoisotopic (exact) mass is 242 g/mol. The normalized spacial score (nSPS) is 34.5. The van der Waals surface area contributed by atoms with Gasteiger partial charge in [-0.25, -0.2) is 0 Å². The maximum absolute atomic E-state index is 5.44. The Morgan fingerprint density at radius 1 is 1.62 bits per heavy atom. The van der Waals surface area contributed by atoms with Crippen LogP contribution in [0.5, 0.6) is 0 Å². The van der Waals surface area contributed by atoms with E-state index >= 15 is 0 Å². The first-order valence-corrected chi connectivity index (χ1v) is 7.12. The van der Waals surface area contributed by atoms with Crippen LogP contribution in [-0.2, 0) is 4.74 Å². The van der Waals surface area contributed by atoms with E-state index in [1.807, 2.05) is 11.8 Å². The smallest absolute Gasteiger partial charge is 0.157 e. The number of rotatable bonds is 3. The van der Waals surface area contributed by atoms with Gasteiger partial charge < -0.3 is 10.1 Å². The molecule has 0 aromatic heterocycles. The van der Waals surface area contributed by atoms with E-state index in [2.05, 4.69) is 26.1 Å². The average molecular weight is 242 g/mol. The topological polar surface area (TPSA) is 33.6 Å². The first-order valence-electron chi connectivity index (χ1n) is 6.14. The summed E-state index contributed by atoms with van der Waals surface area (Å²) in [5, 5.41) is 4.67. The molecule has 0 amide bonds. The highest BCUT2D eigenvalue weighted by Crippen LogP contribution is 2.25. The summed E-state index contributed by atoms with van der Waals surface area (Å²) in [6.07, 6.45) is 2.28. The number of hydrogen-bond acceptors (Lipinski definition) is 4. The number of nitrogens with zero attached hydrogens (tertiary/aromatic N) is 1. The second kappa shape index (κ2) is 4.96. The molecular formula is C12H22N2OS. The van der Waals surface area contributed by atoms with E-state index in [4.69, 9.17) is 9.73 Å². The van der Waals surface area contributed by atoms with Crippen molar-refractivity contribution >= 4 is 16.9 Å². The lowest BCUT2D eigenvalue weighted by molar-refractivity contribution is 0.177. The molecule has 0 aromatic rings. The van der Waals surface area contributed by atoms with E-state index in [0.29, 0.717) is 6.04 Å². The van der Waals surface area contributed by atoms with Crippen molar-refractivity contribution < 1.29 is 4.74 Å². The lowest BCUT2D eigenvalue weighted by Gasteiger charge is -2.24. The Kier molecular flexibility index (Phi) is 3.80. The predicted molar refractivity (Wildman–Crippen MR) is 70.1 cm³/mol. The minimum absolute atomic E-state index is 0.110. The van der Waals surface area contributed by atoms with Gasteiger partial charge in [0.05, 0.1) is 18.2 Å². The van der Waals surface area contributed by atoms with E-state index < -0.39 is 0 Å². The van der Waals surface area contributed by atoms with Crippen molar-refractivity contribution in [3.05, 3.63) is 0 Å². The number of thioether (sulfide) groups is 1. The first kappa shape index (κ1) is 12.2. The van der Waals surface area contributed by atoms with Crippen LogP contribution < -0.4 is 5.32 Å². The third-order valence-electron chi connectivity index (χ3n) is 3.08. The molecule has 2 heterocycles. The summed E-state index contributed by atoms with van der Waals surface area (Å²) in [6, 6.07) is 0.512. The Labute approximate surface area is 102 Å².